The summed E-state index contributed by atoms with van der Waals surface area (Å²) < 4.78 is 0. The number of nitro groups is 1. The van der Waals surface area contributed by atoms with Crippen LogP contribution in [-0.2, 0) is 16.1 Å². The third-order valence-electron chi connectivity index (χ3n) is 3.00. The van der Waals surface area contributed by atoms with Gasteiger partial charge in [-0.3, -0.25) is 35.3 Å². The van der Waals surface area contributed by atoms with Crippen molar-refractivity contribution in [2.24, 2.45) is 5.84 Å². The van der Waals surface area contributed by atoms with Gasteiger partial charge >= 0.3 is 17.8 Å². The van der Waals surface area contributed by atoms with Gasteiger partial charge in [-0.15, -0.1) is 0 Å². The number of nitrogens with zero attached hydrogens (tertiary/aromatic N) is 3. The lowest BCUT2D eigenvalue weighted by atomic mass is 10.1. The Labute approximate surface area is 118 Å². The molecule has 1 aliphatic rings. The van der Waals surface area contributed by atoms with Crippen LogP contribution in [0.2, 0.25) is 0 Å². The van der Waals surface area contributed by atoms with Gasteiger partial charge in [0.15, 0.2) is 0 Å². The van der Waals surface area contributed by atoms with Gasteiger partial charge in [-0.1, -0.05) is 6.07 Å². The fraction of sp³-hybridized carbons (Fsp3) is 0.182. The zero-order chi connectivity index (χ0) is 15.7. The molecule has 1 aromatic rings. The minimum absolute atomic E-state index is 0.0382. The summed E-state index contributed by atoms with van der Waals surface area (Å²) in [6.45, 7) is -0.180. The van der Waals surface area contributed by atoms with Gasteiger partial charge in [0.05, 0.1) is 11.5 Å². The Morgan fingerprint density at radius 3 is 2.43 bits per heavy atom. The van der Waals surface area contributed by atoms with Gasteiger partial charge < -0.3 is 5.43 Å². The van der Waals surface area contributed by atoms with Crippen LogP contribution in [0.1, 0.15) is 5.56 Å². The van der Waals surface area contributed by atoms with E-state index in [-0.39, 0.29) is 17.9 Å². The van der Waals surface area contributed by atoms with Crippen molar-refractivity contribution in [1.82, 2.24) is 9.80 Å². The van der Waals surface area contributed by atoms with Gasteiger partial charge in [-0.2, -0.15) is 0 Å². The molecule has 0 aromatic heterocycles. The molecule has 1 heterocycles. The molecule has 110 valence electrons. The van der Waals surface area contributed by atoms with E-state index in [2.05, 4.69) is 5.43 Å². The highest BCUT2D eigenvalue weighted by Gasteiger charge is 2.42. The Hall–Kier alpha value is -3.01. The van der Waals surface area contributed by atoms with Crippen molar-refractivity contribution in [1.29, 1.82) is 0 Å². The molecule has 0 bridgehead atoms. The van der Waals surface area contributed by atoms with Gasteiger partial charge in [0.25, 0.3) is 5.69 Å². The number of anilines is 1. The summed E-state index contributed by atoms with van der Waals surface area (Å²) in [5.74, 6) is 3.34. The Balaban J connectivity index is 2.29. The molecule has 0 spiro atoms. The SMILES string of the molecule is CN1C(=O)C(=O)N(Cc2ccc([N+](=O)[O-])c(NN)c2)C1=O. The predicted molar refractivity (Wildman–Crippen MR) is 69.6 cm³/mol. The van der Waals surface area contributed by atoms with E-state index in [0.29, 0.717) is 10.5 Å². The average molecular weight is 293 g/mol. The number of benzene rings is 1. The lowest BCUT2D eigenvalue weighted by molar-refractivity contribution is -0.384. The summed E-state index contributed by atoms with van der Waals surface area (Å²) in [6, 6.07) is 3.16. The second-order valence-corrected chi connectivity index (χ2v) is 4.29. The molecule has 0 radical (unpaired) electrons. The molecular formula is C11H11N5O5. The van der Waals surface area contributed by atoms with Crippen molar-refractivity contribution in [2.75, 3.05) is 12.5 Å². The number of amides is 4. The summed E-state index contributed by atoms with van der Waals surface area (Å²) >= 11 is 0. The molecule has 2 rings (SSSR count). The first-order chi connectivity index (χ1) is 9.86. The van der Waals surface area contributed by atoms with Gasteiger partial charge in [-0.05, 0) is 11.6 Å². The van der Waals surface area contributed by atoms with Crippen molar-refractivity contribution in [3.63, 3.8) is 0 Å². The average Bonchev–Trinajstić information content (AvgIpc) is 2.64. The van der Waals surface area contributed by atoms with Crippen LogP contribution >= 0.6 is 0 Å². The van der Waals surface area contributed by atoms with E-state index >= 15 is 0 Å². The molecule has 3 N–H and O–H groups in total. The number of carbonyl (C=O) groups is 3. The van der Waals surface area contributed by atoms with E-state index < -0.39 is 22.8 Å². The van der Waals surface area contributed by atoms with Crippen LogP contribution in [0.25, 0.3) is 0 Å². The number of imide groups is 2. The third-order valence-corrected chi connectivity index (χ3v) is 3.00. The fourth-order valence-corrected chi connectivity index (χ4v) is 1.89. The molecule has 10 nitrogen and oxygen atoms in total. The fourth-order valence-electron chi connectivity index (χ4n) is 1.89. The Morgan fingerprint density at radius 2 is 1.95 bits per heavy atom. The lowest BCUT2D eigenvalue weighted by Gasteiger charge is -2.13. The lowest BCUT2D eigenvalue weighted by Crippen LogP contribution is -2.31. The molecule has 0 aliphatic carbocycles. The maximum atomic E-state index is 11.7. The van der Waals surface area contributed by atoms with E-state index in [0.717, 1.165) is 4.90 Å². The first kappa shape index (κ1) is 14.4. The number of likely N-dealkylation sites (N-methyl/N-ethyl adjacent to an activating group) is 1. The molecule has 4 amide bonds. The molecule has 0 saturated carbocycles. The highest BCUT2D eigenvalue weighted by Crippen LogP contribution is 2.25. The predicted octanol–water partition coefficient (Wildman–Crippen LogP) is -0.199. The van der Waals surface area contributed by atoms with Crippen molar-refractivity contribution in [3.8, 4) is 0 Å². The number of hydrazine groups is 1. The number of nitrogens with one attached hydrogen (secondary N) is 1. The van der Waals surface area contributed by atoms with Crippen LogP contribution in [0.15, 0.2) is 18.2 Å². The first-order valence-corrected chi connectivity index (χ1v) is 5.74. The number of nitrogen functional groups attached to an aromatic ring is 1. The molecule has 0 unspecified atom stereocenters. The van der Waals surface area contributed by atoms with Gasteiger partial charge in [0.2, 0.25) is 0 Å². The Kier molecular flexibility index (Phi) is 3.54. The quantitative estimate of drug-likeness (QED) is 0.257. The number of nitro benzene ring substituents is 1. The van der Waals surface area contributed by atoms with Crippen LogP contribution in [-0.4, -0.2) is 39.6 Å². The van der Waals surface area contributed by atoms with Crippen LogP contribution in [0, 0.1) is 10.1 Å². The summed E-state index contributed by atoms with van der Waals surface area (Å²) in [5, 5.41) is 10.8. The maximum absolute atomic E-state index is 11.7. The summed E-state index contributed by atoms with van der Waals surface area (Å²) in [4.78, 5) is 46.3. The number of hydrogen-bond donors (Lipinski definition) is 2. The third kappa shape index (κ3) is 2.39. The maximum Gasteiger partial charge on any atom is 0.334 e. The molecule has 1 aromatic carbocycles. The molecule has 0 atom stereocenters. The number of nitrogens with two attached hydrogens (primary N) is 1. The first-order valence-electron chi connectivity index (χ1n) is 5.74. The van der Waals surface area contributed by atoms with Crippen molar-refractivity contribution in [2.45, 2.75) is 6.54 Å². The Morgan fingerprint density at radius 1 is 1.29 bits per heavy atom. The molecule has 1 aliphatic heterocycles. The minimum Gasteiger partial charge on any atom is -0.318 e. The zero-order valence-electron chi connectivity index (χ0n) is 10.9. The summed E-state index contributed by atoms with van der Waals surface area (Å²) in [5.41, 5.74) is 2.39. The monoisotopic (exact) mass is 293 g/mol. The van der Waals surface area contributed by atoms with Gasteiger partial charge in [-0.25, -0.2) is 4.79 Å². The highest BCUT2D eigenvalue weighted by molar-refractivity contribution is 6.44. The normalized spacial score (nSPS) is 14.9. The zero-order valence-corrected chi connectivity index (χ0v) is 10.9. The second kappa shape index (κ2) is 5.17. The van der Waals surface area contributed by atoms with E-state index in [1.54, 1.807) is 0 Å². The smallest absolute Gasteiger partial charge is 0.318 e. The molecule has 1 saturated heterocycles. The number of hydrogen-bond acceptors (Lipinski definition) is 7. The van der Waals surface area contributed by atoms with Gasteiger partial charge in [0, 0.05) is 13.1 Å². The number of carbonyl (C=O) groups excluding carboxylic acids is 3. The summed E-state index contributed by atoms with van der Waals surface area (Å²) in [7, 11) is 1.20. The van der Waals surface area contributed by atoms with Crippen molar-refractivity contribution in [3.05, 3.63) is 33.9 Å². The van der Waals surface area contributed by atoms with E-state index in [4.69, 9.17) is 5.84 Å². The van der Waals surface area contributed by atoms with Crippen molar-refractivity contribution < 1.29 is 19.3 Å². The minimum atomic E-state index is -0.942. The molecule has 1 fully saturated rings. The number of rotatable bonds is 4. The second-order valence-electron chi connectivity index (χ2n) is 4.29. The molecule has 21 heavy (non-hydrogen) atoms. The van der Waals surface area contributed by atoms with Crippen LogP contribution in [0.5, 0.6) is 0 Å². The van der Waals surface area contributed by atoms with Crippen LogP contribution in [0.3, 0.4) is 0 Å². The van der Waals surface area contributed by atoms with E-state index in [1.165, 1.54) is 25.2 Å². The number of urea groups is 1. The van der Waals surface area contributed by atoms with Gasteiger partial charge in [0.1, 0.15) is 5.69 Å². The largest absolute Gasteiger partial charge is 0.334 e. The van der Waals surface area contributed by atoms with Crippen molar-refractivity contribution >= 4 is 29.2 Å². The standard InChI is InChI=1S/C11H11N5O5/c1-14-9(17)10(18)15(11(14)19)5-6-2-3-8(16(20)21)7(4-6)13-12/h2-4,13H,5,12H2,1H3. The van der Waals surface area contributed by atoms with E-state index in [1.807, 2.05) is 0 Å². The Bertz CT molecular complexity index is 658. The summed E-state index contributed by atoms with van der Waals surface area (Å²) in [6.07, 6.45) is 0. The highest BCUT2D eigenvalue weighted by atomic mass is 16.6. The van der Waals surface area contributed by atoms with Crippen LogP contribution < -0.4 is 11.3 Å². The van der Waals surface area contributed by atoms with Crippen LogP contribution in [0.4, 0.5) is 16.2 Å². The van der Waals surface area contributed by atoms with E-state index in [9.17, 15) is 24.5 Å². The molecule has 10 heteroatoms. The topological polar surface area (TPSA) is 139 Å². The molecular weight excluding hydrogens is 282 g/mol.